The molecular formula is C15H16ClNO3. The van der Waals surface area contributed by atoms with Crippen molar-refractivity contribution in [3.8, 4) is 0 Å². The Hall–Kier alpha value is -1.55. The van der Waals surface area contributed by atoms with Gasteiger partial charge in [-0.1, -0.05) is 23.7 Å². The predicted molar refractivity (Wildman–Crippen MR) is 74.5 cm³/mol. The number of carboxylic acids is 1. The average molecular weight is 294 g/mol. The van der Waals surface area contributed by atoms with Gasteiger partial charge in [0, 0.05) is 5.02 Å². The summed E-state index contributed by atoms with van der Waals surface area (Å²) in [6, 6.07) is 5.69. The van der Waals surface area contributed by atoms with Gasteiger partial charge in [-0.05, 0) is 42.9 Å². The molecule has 0 radical (unpaired) electrons. The number of halogens is 1. The summed E-state index contributed by atoms with van der Waals surface area (Å²) in [6.45, 7) is 0. The van der Waals surface area contributed by atoms with Gasteiger partial charge in [0.1, 0.15) is 0 Å². The molecule has 1 saturated carbocycles. The first-order chi connectivity index (χ1) is 9.58. The zero-order chi connectivity index (χ0) is 14.3. The van der Waals surface area contributed by atoms with Gasteiger partial charge in [-0.25, -0.2) is 0 Å². The minimum atomic E-state index is -0.869. The van der Waals surface area contributed by atoms with E-state index in [-0.39, 0.29) is 17.9 Å². The van der Waals surface area contributed by atoms with Crippen LogP contribution in [0.3, 0.4) is 0 Å². The smallest absolute Gasteiger partial charge is 0.307 e. The monoisotopic (exact) mass is 293 g/mol. The number of nitrogens with one attached hydrogen (secondary N) is 1. The molecule has 0 heterocycles. The molecule has 2 aliphatic rings. The van der Waals surface area contributed by atoms with Crippen LogP contribution in [0, 0.1) is 11.8 Å². The minimum Gasteiger partial charge on any atom is -0.481 e. The second-order valence-corrected chi connectivity index (χ2v) is 5.94. The molecule has 3 rings (SSSR count). The predicted octanol–water partition coefficient (Wildman–Crippen LogP) is 2.55. The maximum atomic E-state index is 12.2. The van der Waals surface area contributed by atoms with Crippen LogP contribution < -0.4 is 5.32 Å². The van der Waals surface area contributed by atoms with Gasteiger partial charge in [0.2, 0.25) is 5.91 Å². The van der Waals surface area contributed by atoms with Crippen LogP contribution in [0.5, 0.6) is 0 Å². The third-order valence-electron chi connectivity index (χ3n) is 4.46. The zero-order valence-corrected chi connectivity index (χ0v) is 11.7. The topological polar surface area (TPSA) is 66.4 Å². The molecule has 1 aromatic carbocycles. The number of amides is 1. The molecule has 0 spiro atoms. The standard InChI is InChI=1S/C15H16ClNO3/c16-12-3-1-2-9-8(12)6-7-13(9)17-14(18)10-4-5-11(10)15(19)20/h1-3,10-11,13H,4-7H2,(H,17,18)(H,19,20). The van der Waals surface area contributed by atoms with Gasteiger partial charge in [0.05, 0.1) is 17.9 Å². The second kappa shape index (κ2) is 5.09. The molecule has 5 heteroatoms. The summed E-state index contributed by atoms with van der Waals surface area (Å²) in [5.74, 6) is -1.90. The summed E-state index contributed by atoms with van der Waals surface area (Å²) in [4.78, 5) is 23.2. The average Bonchev–Trinajstić information content (AvgIpc) is 2.71. The number of rotatable bonds is 3. The van der Waals surface area contributed by atoms with E-state index in [0.717, 1.165) is 29.0 Å². The van der Waals surface area contributed by atoms with E-state index >= 15 is 0 Å². The summed E-state index contributed by atoms with van der Waals surface area (Å²) < 4.78 is 0. The molecule has 4 nitrogen and oxygen atoms in total. The van der Waals surface area contributed by atoms with E-state index in [4.69, 9.17) is 16.7 Å². The van der Waals surface area contributed by atoms with E-state index in [0.29, 0.717) is 12.8 Å². The number of aliphatic carboxylic acids is 1. The van der Waals surface area contributed by atoms with Gasteiger partial charge in [-0.3, -0.25) is 9.59 Å². The molecule has 1 fully saturated rings. The maximum Gasteiger partial charge on any atom is 0.307 e. The number of carboxylic acid groups (broad SMARTS) is 1. The van der Waals surface area contributed by atoms with Gasteiger partial charge in [0.25, 0.3) is 0 Å². The quantitative estimate of drug-likeness (QED) is 0.900. The molecule has 0 saturated heterocycles. The molecule has 3 unspecified atom stereocenters. The number of hydrogen-bond acceptors (Lipinski definition) is 2. The van der Waals surface area contributed by atoms with Crippen LogP contribution in [-0.4, -0.2) is 17.0 Å². The van der Waals surface area contributed by atoms with E-state index in [1.807, 2.05) is 18.2 Å². The van der Waals surface area contributed by atoms with Crippen LogP contribution in [-0.2, 0) is 16.0 Å². The number of benzene rings is 1. The molecule has 1 aromatic rings. The Morgan fingerprint density at radius 1 is 1.20 bits per heavy atom. The lowest BCUT2D eigenvalue weighted by Gasteiger charge is -2.33. The van der Waals surface area contributed by atoms with Gasteiger partial charge in [-0.15, -0.1) is 0 Å². The van der Waals surface area contributed by atoms with Crippen molar-refractivity contribution in [2.45, 2.75) is 31.7 Å². The minimum absolute atomic E-state index is 0.0359. The molecule has 20 heavy (non-hydrogen) atoms. The summed E-state index contributed by atoms with van der Waals surface area (Å²) >= 11 is 6.15. The van der Waals surface area contributed by atoms with Crippen LogP contribution in [0.2, 0.25) is 5.02 Å². The normalized spacial score (nSPS) is 27.6. The van der Waals surface area contributed by atoms with Crippen molar-refractivity contribution in [2.24, 2.45) is 11.8 Å². The largest absolute Gasteiger partial charge is 0.481 e. The van der Waals surface area contributed by atoms with E-state index in [2.05, 4.69) is 5.32 Å². The fourth-order valence-corrected chi connectivity index (χ4v) is 3.42. The van der Waals surface area contributed by atoms with Crippen LogP contribution in [0.15, 0.2) is 18.2 Å². The number of carbonyl (C=O) groups excluding carboxylic acids is 1. The highest BCUT2D eigenvalue weighted by Gasteiger charge is 2.42. The van der Waals surface area contributed by atoms with Crippen LogP contribution in [0.25, 0.3) is 0 Å². The highest BCUT2D eigenvalue weighted by atomic mass is 35.5. The Kier molecular flexibility index (Phi) is 3.42. The van der Waals surface area contributed by atoms with Crippen molar-refractivity contribution in [1.29, 1.82) is 0 Å². The number of hydrogen-bond donors (Lipinski definition) is 2. The highest BCUT2D eigenvalue weighted by Crippen LogP contribution is 2.38. The Bertz CT molecular complexity index is 572. The third-order valence-corrected chi connectivity index (χ3v) is 4.81. The SMILES string of the molecule is O=C(O)C1CCC1C(=O)NC1CCc2c(Cl)cccc21. The van der Waals surface area contributed by atoms with E-state index in [1.165, 1.54) is 0 Å². The summed E-state index contributed by atoms with van der Waals surface area (Å²) in [5, 5.41) is 12.7. The Morgan fingerprint density at radius 3 is 2.60 bits per heavy atom. The zero-order valence-electron chi connectivity index (χ0n) is 10.9. The number of fused-ring (bicyclic) bond motifs is 1. The number of carbonyl (C=O) groups is 2. The lowest BCUT2D eigenvalue weighted by molar-refractivity contribution is -0.153. The van der Waals surface area contributed by atoms with Crippen molar-refractivity contribution in [1.82, 2.24) is 5.32 Å². The first kappa shape index (κ1) is 13.4. The van der Waals surface area contributed by atoms with Crippen molar-refractivity contribution in [2.75, 3.05) is 0 Å². The first-order valence-electron chi connectivity index (χ1n) is 6.88. The highest BCUT2D eigenvalue weighted by molar-refractivity contribution is 6.31. The van der Waals surface area contributed by atoms with E-state index < -0.39 is 11.9 Å². The fourth-order valence-electron chi connectivity index (χ4n) is 3.15. The Labute approximate surface area is 122 Å². The molecular weight excluding hydrogens is 278 g/mol. The second-order valence-electron chi connectivity index (χ2n) is 5.54. The van der Waals surface area contributed by atoms with Gasteiger partial charge < -0.3 is 10.4 Å². The van der Waals surface area contributed by atoms with Gasteiger partial charge in [-0.2, -0.15) is 0 Å². The van der Waals surface area contributed by atoms with Gasteiger partial charge >= 0.3 is 5.97 Å². The maximum absolute atomic E-state index is 12.2. The molecule has 0 bridgehead atoms. The first-order valence-corrected chi connectivity index (χ1v) is 7.26. The lowest BCUT2D eigenvalue weighted by Crippen LogP contribution is -2.44. The summed E-state index contributed by atoms with van der Waals surface area (Å²) in [6.07, 6.45) is 2.95. The molecule has 106 valence electrons. The van der Waals surface area contributed by atoms with Crippen LogP contribution in [0.4, 0.5) is 0 Å². The van der Waals surface area contributed by atoms with Crippen molar-refractivity contribution < 1.29 is 14.7 Å². The molecule has 0 aliphatic heterocycles. The Morgan fingerprint density at radius 2 is 1.95 bits per heavy atom. The van der Waals surface area contributed by atoms with Crippen molar-refractivity contribution >= 4 is 23.5 Å². The lowest BCUT2D eigenvalue weighted by atomic mass is 9.73. The van der Waals surface area contributed by atoms with Crippen molar-refractivity contribution in [3.63, 3.8) is 0 Å². The van der Waals surface area contributed by atoms with Crippen molar-refractivity contribution in [3.05, 3.63) is 34.3 Å². The summed E-state index contributed by atoms with van der Waals surface area (Å²) in [5.41, 5.74) is 2.17. The molecule has 3 atom stereocenters. The molecule has 1 amide bonds. The molecule has 2 aliphatic carbocycles. The third kappa shape index (κ3) is 2.18. The molecule has 0 aromatic heterocycles. The summed E-state index contributed by atoms with van der Waals surface area (Å²) in [7, 11) is 0. The van der Waals surface area contributed by atoms with Crippen LogP contribution in [0.1, 0.15) is 36.4 Å². The van der Waals surface area contributed by atoms with Crippen LogP contribution >= 0.6 is 11.6 Å². The Balaban J connectivity index is 1.70. The van der Waals surface area contributed by atoms with E-state index in [1.54, 1.807) is 0 Å². The van der Waals surface area contributed by atoms with E-state index in [9.17, 15) is 9.59 Å². The van der Waals surface area contributed by atoms with Gasteiger partial charge in [0.15, 0.2) is 0 Å². The molecule has 2 N–H and O–H groups in total. The fraction of sp³-hybridized carbons (Fsp3) is 0.467.